The topological polar surface area (TPSA) is 49.4 Å². The fraction of sp³-hybridized carbons (Fsp3) is 0.429. The van der Waals surface area contributed by atoms with Gasteiger partial charge in [-0.25, -0.2) is 8.42 Å². The Labute approximate surface area is 126 Å². The smallest absolute Gasteiger partial charge is 0.244 e. The van der Waals surface area contributed by atoms with Crippen LogP contribution >= 0.6 is 11.6 Å². The van der Waals surface area contributed by atoms with E-state index in [1.54, 1.807) is 26.0 Å². The number of likely N-dealkylation sites (N-methyl/N-ethyl adjacent to an activating group) is 1. The highest BCUT2D eigenvalue weighted by atomic mass is 35.5. The molecular weight excluding hydrogens is 296 g/mol. The van der Waals surface area contributed by atoms with Crippen molar-refractivity contribution in [2.75, 3.05) is 20.1 Å². The first-order valence-electron chi connectivity index (χ1n) is 6.40. The normalized spacial score (nSPS) is 11.8. The maximum Gasteiger partial charge on any atom is 0.244 e. The highest BCUT2D eigenvalue weighted by Crippen LogP contribution is 2.26. The zero-order valence-electron chi connectivity index (χ0n) is 12.1. The van der Waals surface area contributed by atoms with Crippen LogP contribution in [-0.2, 0) is 16.6 Å². The van der Waals surface area contributed by atoms with Gasteiger partial charge >= 0.3 is 0 Å². The van der Waals surface area contributed by atoms with Crippen molar-refractivity contribution in [3.8, 4) is 0 Å². The van der Waals surface area contributed by atoms with Gasteiger partial charge in [-0.05, 0) is 31.7 Å². The van der Waals surface area contributed by atoms with Crippen LogP contribution in [0.4, 0.5) is 0 Å². The number of rotatable bonds is 7. The monoisotopic (exact) mass is 316 g/mol. The van der Waals surface area contributed by atoms with Crippen LogP contribution in [0.5, 0.6) is 0 Å². The fourth-order valence-corrected chi connectivity index (χ4v) is 3.90. The van der Waals surface area contributed by atoms with Crippen molar-refractivity contribution in [1.82, 2.24) is 9.62 Å². The van der Waals surface area contributed by atoms with Crippen molar-refractivity contribution >= 4 is 21.6 Å². The van der Waals surface area contributed by atoms with Crippen LogP contribution in [0.2, 0.25) is 5.02 Å². The molecule has 0 fully saturated rings. The van der Waals surface area contributed by atoms with E-state index >= 15 is 0 Å². The summed E-state index contributed by atoms with van der Waals surface area (Å²) in [5, 5.41) is 3.23. The number of benzene rings is 1. The van der Waals surface area contributed by atoms with Gasteiger partial charge in [0.25, 0.3) is 0 Å². The molecule has 0 heterocycles. The van der Waals surface area contributed by atoms with Gasteiger partial charge in [0.1, 0.15) is 4.90 Å². The molecule has 1 N–H and O–H groups in total. The first-order chi connectivity index (χ1) is 9.32. The third-order valence-electron chi connectivity index (χ3n) is 2.79. The van der Waals surface area contributed by atoms with E-state index < -0.39 is 10.0 Å². The zero-order valence-corrected chi connectivity index (χ0v) is 13.7. The fourth-order valence-electron chi connectivity index (χ4n) is 1.87. The highest BCUT2D eigenvalue weighted by Gasteiger charge is 2.25. The molecule has 20 heavy (non-hydrogen) atoms. The van der Waals surface area contributed by atoms with Gasteiger partial charge in [0.2, 0.25) is 10.0 Å². The van der Waals surface area contributed by atoms with E-state index in [0.29, 0.717) is 19.6 Å². The van der Waals surface area contributed by atoms with Crippen LogP contribution < -0.4 is 5.32 Å². The van der Waals surface area contributed by atoms with Gasteiger partial charge in [0.05, 0.1) is 5.02 Å². The molecule has 4 nitrogen and oxygen atoms in total. The van der Waals surface area contributed by atoms with Crippen LogP contribution in [0, 0.1) is 0 Å². The van der Waals surface area contributed by atoms with Crippen molar-refractivity contribution < 1.29 is 8.42 Å². The Morgan fingerprint density at radius 1 is 1.45 bits per heavy atom. The second kappa shape index (κ2) is 7.22. The summed E-state index contributed by atoms with van der Waals surface area (Å²) >= 11 is 6.07. The lowest BCUT2D eigenvalue weighted by Crippen LogP contribution is -2.32. The number of halogens is 1. The Balaban J connectivity index is 3.25. The van der Waals surface area contributed by atoms with Crippen molar-refractivity contribution in [2.45, 2.75) is 25.3 Å². The van der Waals surface area contributed by atoms with Gasteiger partial charge in [0.15, 0.2) is 0 Å². The van der Waals surface area contributed by atoms with Crippen LogP contribution in [0.25, 0.3) is 0 Å². The van der Waals surface area contributed by atoms with E-state index in [1.165, 1.54) is 4.31 Å². The van der Waals surface area contributed by atoms with Crippen LogP contribution in [0.3, 0.4) is 0 Å². The SMILES string of the molecule is C=C(C)CN(CC)S(=O)(=O)c1cc(CNC)ccc1Cl. The number of nitrogens with one attached hydrogen (secondary N) is 1. The molecule has 0 aliphatic heterocycles. The Morgan fingerprint density at radius 3 is 2.60 bits per heavy atom. The van der Waals surface area contributed by atoms with Gasteiger partial charge in [-0.15, -0.1) is 0 Å². The summed E-state index contributed by atoms with van der Waals surface area (Å²) < 4.78 is 26.7. The molecule has 0 bridgehead atoms. The van der Waals surface area contributed by atoms with Crippen LogP contribution in [0.1, 0.15) is 19.4 Å². The van der Waals surface area contributed by atoms with Gasteiger partial charge in [-0.3, -0.25) is 0 Å². The number of sulfonamides is 1. The quantitative estimate of drug-likeness (QED) is 0.787. The molecule has 0 aliphatic carbocycles. The minimum Gasteiger partial charge on any atom is -0.316 e. The first kappa shape index (κ1) is 17.2. The number of hydrogen-bond donors (Lipinski definition) is 1. The predicted molar refractivity (Wildman–Crippen MR) is 83.5 cm³/mol. The van der Waals surface area contributed by atoms with Crippen molar-refractivity contribution in [3.63, 3.8) is 0 Å². The largest absolute Gasteiger partial charge is 0.316 e. The minimum absolute atomic E-state index is 0.148. The standard InChI is InChI=1S/C14H21ClN2O2S/c1-5-17(10-11(2)3)20(18,19)14-8-12(9-16-4)6-7-13(14)15/h6-8,16H,2,5,9-10H2,1,3-4H3. The van der Waals surface area contributed by atoms with Crippen LogP contribution in [-0.4, -0.2) is 32.9 Å². The molecule has 0 atom stereocenters. The van der Waals surface area contributed by atoms with Gasteiger partial charge < -0.3 is 5.32 Å². The van der Waals surface area contributed by atoms with Gasteiger partial charge in [-0.1, -0.05) is 36.7 Å². The summed E-state index contributed by atoms with van der Waals surface area (Å²) in [4.78, 5) is 0.148. The predicted octanol–water partition coefficient (Wildman–Crippen LogP) is 2.65. The first-order valence-corrected chi connectivity index (χ1v) is 8.22. The summed E-state index contributed by atoms with van der Waals surface area (Å²) in [6.45, 7) is 8.63. The Morgan fingerprint density at radius 2 is 2.10 bits per heavy atom. The maximum atomic E-state index is 12.7. The number of hydrogen-bond acceptors (Lipinski definition) is 3. The lowest BCUT2D eigenvalue weighted by atomic mass is 10.2. The summed E-state index contributed by atoms with van der Waals surface area (Å²) in [5.41, 5.74) is 1.67. The molecule has 112 valence electrons. The van der Waals surface area contributed by atoms with Crippen LogP contribution in [0.15, 0.2) is 35.2 Å². The second-order valence-corrected chi connectivity index (χ2v) is 7.00. The average molecular weight is 317 g/mol. The summed E-state index contributed by atoms with van der Waals surface area (Å²) in [7, 11) is -1.80. The Hall–Kier alpha value is -0.880. The molecule has 0 unspecified atom stereocenters. The van der Waals surface area contributed by atoms with E-state index in [0.717, 1.165) is 11.1 Å². The summed E-state index contributed by atoms with van der Waals surface area (Å²) in [6, 6.07) is 5.05. The molecule has 1 aromatic rings. The maximum absolute atomic E-state index is 12.7. The zero-order chi connectivity index (χ0) is 15.3. The molecule has 1 aromatic carbocycles. The van der Waals surface area contributed by atoms with E-state index in [2.05, 4.69) is 11.9 Å². The Kier molecular flexibility index (Phi) is 6.20. The summed E-state index contributed by atoms with van der Waals surface area (Å²) in [6.07, 6.45) is 0. The Bertz CT molecular complexity index is 585. The van der Waals surface area contributed by atoms with Gasteiger partial charge in [-0.2, -0.15) is 4.31 Å². The third-order valence-corrected chi connectivity index (χ3v) is 5.20. The van der Waals surface area contributed by atoms with Gasteiger partial charge in [0, 0.05) is 19.6 Å². The van der Waals surface area contributed by atoms with E-state index in [4.69, 9.17) is 11.6 Å². The molecule has 0 aromatic heterocycles. The highest BCUT2D eigenvalue weighted by molar-refractivity contribution is 7.89. The lowest BCUT2D eigenvalue weighted by molar-refractivity contribution is 0.453. The molecule has 0 saturated carbocycles. The molecule has 0 spiro atoms. The lowest BCUT2D eigenvalue weighted by Gasteiger charge is -2.21. The van der Waals surface area contributed by atoms with Crippen molar-refractivity contribution in [2.24, 2.45) is 0 Å². The molecule has 0 amide bonds. The average Bonchev–Trinajstić information content (AvgIpc) is 2.38. The summed E-state index contributed by atoms with van der Waals surface area (Å²) in [5.74, 6) is 0. The van der Waals surface area contributed by atoms with Crippen molar-refractivity contribution in [1.29, 1.82) is 0 Å². The van der Waals surface area contributed by atoms with Crippen molar-refractivity contribution in [3.05, 3.63) is 40.9 Å². The molecule has 6 heteroatoms. The number of nitrogens with zero attached hydrogens (tertiary/aromatic N) is 1. The molecule has 0 saturated heterocycles. The van der Waals surface area contributed by atoms with E-state index in [9.17, 15) is 8.42 Å². The molecule has 1 rings (SSSR count). The second-order valence-electron chi connectivity index (χ2n) is 4.68. The van der Waals surface area contributed by atoms with E-state index in [-0.39, 0.29) is 9.92 Å². The molecule has 0 aliphatic rings. The molecule has 0 radical (unpaired) electrons. The molecular formula is C14H21ClN2O2S. The third kappa shape index (κ3) is 4.06. The van der Waals surface area contributed by atoms with E-state index in [1.807, 2.05) is 13.1 Å². The minimum atomic E-state index is -3.60.